The van der Waals surface area contributed by atoms with Gasteiger partial charge in [0.25, 0.3) is 5.56 Å². The summed E-state index contributed by atoms with van der Waals surface area (Å²) < 4.78 is 2.04. The zero-order valence-electron chi connectivity index (χ0n) is 15.0. The topological polar surface area (TPSA) is 79.8 Å². The molecule has 0 aliphatic rings. The van der Waals surface area contributed by atoms with Crippen LogP contribution in [-0.4, -0.2) is 20.4 Å². The maximum atomic E-state index is 12.5. The summed E-state index contributed by atoms with van der Waals surface area (Å²) >= 11 is 5.31. The van der Waals surface area contributed by atoms with Gasteiger partial charge in [0, 0.05) is 31.9 Å². The number of benzene rings is 1. The molecule has 0 unspecified atom stereocenters. The van der Waals surface area contributed by atoms with E-state index in [0.29, 0.717) is 29.7 Å². The minimum Gasteiger partial charge on any atom is -0.352 e. The number of rotatable bonds is 8. The van der Waals surface area contributed by atoms with Crippen molar-refractivity contribution in [2.45, 2.75) is 38.8 Å². The van der Waals surface area contributed by atoms with Crippen LogP contribution in [0.25, 0.3) is 10.9 Å². The Balaban J connectivity index is 1.44. The number of pyridine rings is 1. The summed E-state index contributed by atoms with van der Waals surface area (Å²) in [7, 11) is 0. The SMILES string of the molecule is O=C(CCCCCn1c(=S)[nH]c2ccccc2c1=O)NCc1cccnc1. The smallest absolute Gasteiger partial charge is 0.262 e. The highest BCUT2D eigenvalue weighted by Crippen LogP contribution is 2.07. The maximum absolute atomic E-state index is 12.5. The van der Waals surface area contributed by atoms with Gasteiger partial charge in [-0.2, -0.15) is 0 Å². The number of nitrogens with one attached hydrogen (secondary N) is 2. The monoisotopic (exact) mass is 382 g/mol. The van der Waals surface area contributed by atoms with Crippen molar-refractivity contribution in [3.05, 3.63) is 69.5 Å². The van der Waals surface area contributed by atoms with Crippen molar-refractivity contribution in [2.75, 3.05) is 0 Å². The van der Waals surface area contributed by atoms with Crippen LogP contribution in [0.2, 0.25) is 0 Å². The van der Waals surface area contributed by atoms with E-state index in [2.05, 4.69) is 15.3 Å². The molecule has 0 bridgehead atoms. The molecular formula is C20H22N4O2S. The first-order valence-electron chi connectivity index (χ1n) is 9.02. The van der Waals surface area contributed by atoms with E-state index in [1.165, 1.54) is 0 Å². The summed E-state index contributed by atoms with van der Waals surface area (Å²) in [6.45, 7) is 1.05. The fourth-order valence-corrected chi connectivity index (χ4v) is 3.21. The normalized spacial score (nSPS) is 10.8. The Bertz CT molecular complexity index is 1030. The number of hydrogen-bond donors (Lipinski definition) is 2. The zero-order valence-corrected chi connectivity index (χ0v) is 15.8. The molecule has 2 heterocycles. The summed E-state index contributed by atoms with van der Waals surface area (Å²) in [5, 5.41) is 3.53. The molecule has 0 aliphatic carbocycles. The van der Waals surface area contributed by atoms with Crippen LogP contribution >= 0.6 is 12.2 Å². The van der Waals surface area contributed by atoms with E-state index in [-0.39, 0.29) is 11.5 Å². The average Bonchev–Trinajstić information content (AvgIpc) is 2.69. The first-order chi connectivity index (χ1) is 13.1. The van der Waals surface area contributed by atoms with E-state index in [1.54, 1.807) is 23.0 Å². The lowest BCUT2D eigenvalue weighted by Gasteiger charge is -2.08. The fraction of sp³-hybridized carbons (Fsp3) is 0.300. The number of carbonyl (C=O) groups excluding carboxylic acids is 1. The van der Waals surface area contributed by atoms with Crippen molar-refractivity contribution >= 4 is 29.0 Å². The molecule has 0 fully saturated rings. The van der Waals surface area contributed by atoms with Gasteiger partial charge in [-0.15, -0.1) is 0 Å². The Morgan fingerprint density at radius 3 is 2.81 bits per heavy atom. The zero-order chi connectivity index (χ0) is 19.1. The molecule has 0 atom stereocenters. The van der Waals surface area contributed by atoms with E-state index in [1.807, 2.05) is 30.3 Å². The van der Waals surface area contributed by atoms with Crippen molar-refractivity contribution < 1.29 is 4.79 Å². The summed E-state index contributed by atoms with van der Waals surface area (Å²) in [5.74, 6) is 0.0269. The Labute approximate surface area is 162 Å². The van der Waals surface area contributed by atoms with Gasteiger partial charge in [0.05, 0.1) is 10.9 Å². The first kappa shape index (κ1) is 19.0. The molecule has 1 aromatic carbocycles. The van der Waals surface area contributed by atoms with Crippen molar-refractivity contribution in [3.63, 3.8) is 0 Å². The predicted molar refractivity (Wildman–Crippen MR) is 108 cm³/mol. The van der Waals surface area contributed by atoms with Crippen LogP contribution in [-0.2, 0) is 17.9 Å². The van der Waals surface area contributed by atoms with Gasteiger partial charge in [0.1, 0.15) is 0 Å². The van der Waals surface area contributed by atoms with Crippen molar-refractivity contribution in [3.8, 4) is 0 Å². The van der Waals surface area contributed by atoms with Crippen LogP contribution in [0.4, 0.5) is 0 Å². The molecule has 140 valence electrons. The molecular weight excluding hydrogens is 360 g/mol. The van der Waals surface area contributed by atoms with Crippen LogP contribution in [0, 0.1) is 4.77 Å². The van der Waals surface area contributed by atoms with Gasteiger partial charge in [-0.3, -0.25) is 19.1 Å². The predicted octanol–water partition coefficient (Wildman–Crippen LogP) is 3.33. The van der Waals surface area contributed by atoms with Crippen LogP contribution in [0.1, 0.15) is 31.2 Å². The standard InChI is InChI=1S/C20H22N4O2S/c25-18(22-14-15-7-6-11-21-13-15)10-2-1-5-12-24-19(26)16-8-3-4-9-17(16)23-20(24)27/h3-4,6-9,11,13H,1-2,5,10,12,14H2,(H,22,25)(H,23,27). The molecule has 0 radical (unpaired) electrons. The van der Waals surface area contributed by atoms with E-state index in [9.17, 15) is 9.59 Å². The van der Waals surface area contributed by atoms with Crippen LogP contribution in [0.5, 0.6) is 0 Å². The number of carbonyl (C=O) groups is 1. The van der Waals surface area contributed by atoms with Crippen molar-refractivity contribution in [1.82, 2.24) is 19.9 Å². The maximum Gasteiger partial charge on any atom is 0.262 e. The third kappa shape index (κ3) is 5.10. The number of unbranched alkanes of at least 4 members (excludes halogenated alkanes) is 2. The Hall–Kier alpha value is -2.80. The Morgan fingerprint density at radius 1 is 1.15 bits per heavy atom. The highest BCUT2D eigenvalue weighted by Gasteiger charge is 2.05. The van der Waals surface area contributed by atoms with Crippen LogP contribution in [0.15, 0.2) is 53.6 Å². The van der Waals surface area contributed by atoms with Gasteiger partial charge in [0.2, 0.25) is 5.91 Å². The summed E-state index contributed by atoms with van der Waals surface area (Å²) in [6.07, 6.45) is 6.35. The highest BCUT2D eigenvalue weighted by atomic mass is 32.1. The minimum atomic E-state index is -0.0661. The molecule has 7 heteroatoms. The molecule has 0 aliphatic heterocycles. The second-order valence-corrected chi connectivity index (χ2v) is 6.77. The average molecular weight is 382 g/mol. The van der Waals surface area contributed by atoms with Crippen molar-refractivity contribution in [1.29, 1.82) is 0 Å². The molecule has 6 nitrogen and oxygen atoms in total. The quantitative estimate of drug-likeness (QED) is 0.463. The summed E-state index contributed by atoms with van der Waals surface area (Å²) in [6, 6.07) is 11.1. The largest absolute Gasteiger partial charge is 0.352 e. The third-order valence-electron chi connectivity index (χ3n) is 4.39. The van der Waals surface area contributed by atoms with E-state index < -0.39 is 0 Å². The first-order valence-corrected chi connectivity index (χ1v) is 9.43. The third-order valence-corrected chi connectivity index (χ3v) is 4.71. The van der Waals surface area contributed by atoms with Crippen molar-refractivity contribution in [2.24, 2.45) is 0 Å². The number of amides is 1. The molecule has 1 amide bonds. The molecule has 2 aromatic heterocycles. The summed E-state index contributed by atoms with van der Waals surface area (Å²) in [4.78, 5) is 31.6. The van der Waals surface area contributed by atoms with Gasteiger partial charge in [-0.1, -0.05) is 24.6 Å². The minimum absolute atomic E-state index is 0.0269. The van der Waals surface area contributed by atoms with Gasteiger partial charge in [-0.05, 0) is 48.8 Å². The Morgan fingerprint density at radius 2 is 2.00 bits per heavy atom. The van der Waals surface area contributed by atoms with Gasteiger partial charge in [-0.25, -0.2) is 0 Å². The number of H-pyrrole nitrogens is 1. The lowest BCUT2D eigenvalue weighted by atomic mass is 10.2. The second-order valence-electron chi connectivity index (χ2n) is 6.38. The fourth-order valence-electron chi connectivity index (χ4n) is 2.93. The molecule has 0 saturated heterocycles. The lowest BCUT2D eigenvalue weighted by Crippen LogP contribution is -2.23. The number of nitrogens with zero attached hydrogens (tertiary/aromatic N) is 2. The van der Waals surface area contributed by atoms with Crippen LogP contribution < -0.4 is 10.9 Å². The van der Waals surface area contributed by atoms with Gasteiger partial charge < -0.3 is 10.3 Å². The molecule has 3 rings (SSSR count). The van der Waals surface area contributed by atoms with Crippen LogP contribution in [0.3, 0.4) is 0 Å². The molecule has 3 aromatic rings. The number of aromatic amines is 1. The molecule has 0 spiro atoms. The molecule has 27 heavy (non-hydrogen) atoms. The molecule has 0 saturated carbocycles. The summed E-state index contributed by atoms with van der Waals surface area (Å²) in [5.41, 5.74) is 1.67. The van der Waals surface area contributed by atoms with E-state index >= 15 is 0 Å². The number of fused-ring (bicyclic) bond motifs is 1. The molecule has 2 N–H and O–H groups in total. The number of hydrogen-bond acceptors (Lipinski definition) is 4. The Kier molecular flexibility index (Phi) is 6.49. The lowest BCUT2D eigenvalue weighted by molar-refractivity contribution is -0.121. The van der Waals surface area contributed by atoms with E-state index in [4.69, 9.17) is 12.2 Å². The number of para-hydroxylation sites is 1. The second kappa shape index (κ2) is 9.23. The highest BCUT2D eigenvalue weighted by molar-refractivity contribution is 7.71. The van der Waals surface area contributed by atoms with Gasteiger partial charge in [0.15, 0.2) is 4.77 Å². The van der Waals surface area contributed by atoms with E-state index in [0.717, 1.165) is 30.3 Å². The van der Waals surface area contributed by atoms with Gasteiger partial charge >= 0.3 is 0 Å². The number of aromatic nitrogens is 3.